The molecule has 38 heavy (non-hydrogen) atoms. The third-order valence-electron chi connectivity index (χ3n) is 7.67. The molecule has 1 fully saturated rings. The molecule has 6 rings (SSSR count). The molecule has 5 nitrogen and oxygen atoms in total. The van der Waals surface area contributed by atoms with Crippen LogP contribution in [0.4, 0.5) is 0 Å². The van der Waals surface area contributed by atoms with Crippen LogP contribution in [0, 0.1) is 6.92 Å². The second-order valence-electron chi connectivity index (χ2n) is 10.0. The fraction of sp³-hybridized carbons (Fsp3) is 0.258. The Balaban J connectivity index is 1.48. The van der Waals surface area contributed by atoms with Gasteiger partial charge in [0, 0.05) is 44.7 Å². The Morgan fingerprint density at radius 2 is 1.71 bits per heavy atom. The van der Waals surface area contributed by atoms with Gasteiger partial charge in [-0.2, -0.15) is 9.78 Å². The number of fused-ring (bicyclic) bond motifs is 2. The predicted octanol–water partition coefficient (Wildman–Crippen LogP) is 7.94. The minimum Gasteiger partial charge on any atom is -0.340 e. The molecule has 1 saturated carbocycles. The summed E-state index contributed by atoms with van der Waals surface area (Å²) in [7, 11) is 0. The molecule has 2 heterocycles. The summed E-state index contributed by atoms with van der Waals surface area (Å²) in [5.41, 5.74) is 4.69. The number of halogens is 2. The van der Waals surface area contributed by atoms with Crippen molar-refractivity contribution in [1.29, 1.82) is 0 Å². The molecule has 3 aromatic carbocycles. The SMILES string of the molecule is Cc1c(C=Nn2c(C3CCCCC3)nc3ccccc3c2=O)c2ccccc2n1Cc1ccc(Cl)cc1Cl. The van der Waals surface area contributed by atoms with Gasteiger partial charge in [0.15, 0.2) is 0 Å². The average Bonchev–Trinajstić information content (AvgIpc) is 3.20. The summed E-state index contributed by atoms with van der Waals surface area (Å²) in [5, 5.41) is 7.72. The zero-order valence-electron chi connectivity index (χ0n) is 21.2. The zero-order chi connectivity index (χ0) is 26.2. The van der Waals surface area contributed by atoms with E-state index in [0.717, 1.165) is 64.7 Å². The lowest BCUT2D eigenvalue weighted by Crippen LogP contribution is -2.25. The first-order valence-corrected chi connectivity index (χ1v) is 13.8. The first-order valence-electron chi connectivity index (χ1n) is 13.1. The van der Waals surface area contributed by atoms with Crippen LogP contribution in [0.3, 0.4) is 0 Å². The standard InChI is InChI=1S/C31H28Cl2N4O/c1-20-26(24-11-6-8-14-29(24)36(20)19-22-15-16-23(32)17-27(22)33)18-34-37-30(21-9-3-2-4-10-21)35-28-13-7-5-12-25(28)31(37)38/h5-8,11-18,21H,2-4,9-10,19H2,1H3. The first kappa shape index (κ1) is 24.9. The van der Waals surface area contributed by atoms with Crippen molar-refractivity contribution >= 4 is 51.2 Å². The summed E-state index contributed by atoms with van der Waals surface area (Å²) in [6.45, 7) is 2.68. The van der Waals surface area contributed by atoms with E-state index in [1.165, 1.54) is 6.42 Å². The van der Waals surface area contributed by atoms with E-state index >= 15 is 0 Å². The molecule has 5 aromatic rings. The molecule has 0 saturated heterocycles. The Labute approximate surface area is 231 Å². The fourth-order valence-corrected chi connectivity index (χ4v) is 6.11. The highest BCUT2D eigenvalue weighted by molar-refractivity contribution is 6.35. The van der Waals surface area contributed by atoms with Crippen LogP contribution in [0.15, 0.2) is 76.6 Å². The van der Waals surface area contributed by atoms with Crippen LogP contribution >= 0.6 is 23.2 Å². The average molecular weight is 543 g/mol. The lowest BCUT2D eigenvalue weighted by atomic mass is 9.88. The Morgan fingerprint density at radius 1 is 0.974 bits per heavy atom. The number of para-hydroxylation sites is 2. The van der Waals surface area contributed by atoms with Crippen molar-refractivity contribution < 1.29 is 0 Å². The van der Waals surface area contributed by atoms with E-state index in [0.29, 0.717) is 22.0 Å². The number of hydrogen-bond acceptors (Lipinski definition) is 3. The smallest absolute Gasteiger partial charge is 0.282 e. The molecule has 0 unspecified atom stereocenters. The summed E-state index contributed by atoms with van der Waals surface area (Å²) in [4.78, 5) is 18.6. The van der Waals surface area contributed by atoms with E-state index in [1.807, 2.05) is 54.7 Å². The van der Waals surface area contributed by atoms with Gasteiger partial charge in [-0.15, -0.1) is 0 Å². The zero-order valence-corrected chi connectivity index (χ0v) is 22.7. The molecule has 2 aromatic heterocycles. The maximum atomic E-state index is 13.7. The topological polar surface area (TPSA) is 52.2 Å². The molecular weight excluding hydrogens is 515 g/mol. The van der Waals surface area contributed by atoms with Crippen molar-refractivity contribution in [2.45, 2.75) is 51.5 Å². The molecule has 0 radical (unpaired) electrons. The largest absolute Gasteiger partial charge is 0.340 e. The molecule has 7 heteroatoms. The van der Waals surface area contributed by atoms with Gasteiger partial charge in [-0.25, -0.2) is 4.98 Å². The second kappa shape index (κ2) is 10.4. The van der Waals surface area contributed by atoms with Gasteiger partial charge >= 0.3 is 0 Å². The molecule has 192 valence electrons. The maximum absolute atomic E-state index is 13.7. The second-order valence-corrected chi connectivity index (χ2v) is 10.9. The van der Waals surface area contributed by atoms with Gasteiger partial charge in [0.2, 0.25) is 0 Å². The van der Waals surface area contributed by atoms with Crippen LogP contribution in [0.5, 0.6) is 0 Å². The summed E-state index contributed by atoms with van der Waals surface area (Å²) in [5.74, 6) is 0.992. The monoisotopic (exact) mass is 542 g/mol. The quantitative estimate of drug-likeness (QED) is 0.211. The number of benzene rings is 3. The molecule has 0 spiro atoms. The Morgan fingerprint density at radius 3 is 2.50 bits per heavy atom. The summed E-state index contributed by atoms with van der Waals surface area (Å²) < 4.78 is 3.77. The Bertz CT molecular complexity index is 1740. The molecule has 0 bridgehead atoms. The number of aromatic nitrogens is 3. The van der Waals surface area contributed by atoms with Gasteiger partial charge in [0.25, 0.3) is 5.56 Å². The van der Waals surface area contributed by atoms with Crippen molar-refractivity contribution in [1.82, 2.24) is 14.2 Å². The first-order chi connectivity index (χ1) is 18.5. The highest BCUT2D eigenvalue weighted by Crippen LogP contribution is 2.32. The molecule has 0 atom stereocenters. The molecule has 0 amide bonds. The minimum absolute atomic E-state index is 0.123. The van der Waals surface area contributed by atoms with Gasteiger partial charge in [0.05, 0.1) is 17.1 Å². The maximum Gasteiger partial charge on any atom is 0.282 e. The fourth-order valence-electron chi connectivity index (χ4n) is 5.64. The van der Waals surface area contributed by atoms with Crippen LogP contribution in [-0.4, -0.2) is 20.4 Å². The van der Waals surface area contributed by atoms with Gasteiger partial charge < -0.3 is 4.57 Å². The van der Waals surface area contributed by atoms with E-state index in [1.54, 1.807) is 10.7 Å². The molecule has 0 N–H and O–H groups in total. The third kappa shape index (κ3) is 4.55. The van der Waals surface area contributed by atoms with E-state index in [9.17, 15) is 4.79 Å². The Kier molecular flexibility index (Phi) is 6.81. The predicted molar refractivity (Wildman–Crippen MR) is 157 cm³/mol. The van der Waals surface area contributed by atoms with Gasteiger partial charge in [0.1, 0.15) is 5.82 Å². The third-order valence-corrected chi connectivity index (χ3v) is 8.26. The highest BCUT2D eigenvalue weighted by atomic mass is 35.5. The lowest BCUT2D eigenvalue weighted by molar-refractivity contribution is 0.416. The van der Waals surface area contributed by atoms with Crippen molar-refractivity contribution in [2.24, 2.45) is 5.10 Å². The highest BCUT2D eigenvalue weighted by Gasteiger charge is 2.22. The molecule has 1 aliphatic carbocycles. The summed E-state index contributed by atoms with van der Waals surface area (Å²) in [6, 6.07) is 21.4. The van der Waals surface area contributed by atoms with Crippen molar-refractivity contribution in [3.05, 3.63) is 110 Å². The van der Waals surface area contributed by atoms with E-state index in [2.05, 4.69) is 23.6 Å². The van der Waals surface area contributed by atoms with Crippen LogP contribution in [0.2, 0.25) is 10.0 Å². The normalized spacial score (nSPS) is 14.7. The van der Waals surface area contributed by atoms with E-state index < -0.39 is 0 Å². The van der Waals surface area contributed by atoms with E-state index in [-0.39, 0.29) is 11.5 Å². The number of hydrogen-bond donors (Lipinski definition) is 0. The van der Waals surface area contributed by atoms with Crippen molar-refractivity contribution in [3.8, 4) is 0 Å². The lowest BCUT2D eigenvalue weighted by Gasteiger charge is -2.22. The van der Waals surface area contributed by atoms with Gasteiger partial charge in [-0.1, -0.05) is 78.9 Å². The van der Waals surface area contributed by atoms with Crippen LogP contribution in [-0.2, 0) is 6.54 Å². The number of rotatable bonds is 5. The van der Waals surface area contributed by atoms with Gasteiger partial charge in [-0.05, 0) is 55.7 Å². The van der Waals surface area contributed by atoms with Crippen LogP contribution in [0.1, 0.15) is 60.7 Å². The Hall–Kier alpha value is -3.41. The summed E-state index contributed by atoms with van der Waals surface area (Å²) in [6.07, 6.45) is 7.41. The molecular formula is C31H28Cl2N4O. The van der Waals surface area contributed by atoms with Crippen molar-refractivity contribution in [2.75, 3.05) is 0 Å². The van der Waals surface area contributed by atoms with Crippen molar-refractivity contribution in [3.63, 3.8) is 0 Å². The minimum atomic E-state index is -0.123. The number of nitrogens with zero attached hydrogens (tertiary/aromatic N) is 4. The molecule has 0 aliphatic heterocycles. The molecule has 1 aliphatic rings. The van der Waals surface area contributed by atoms with E-state index in [4.69, 9.17) is 33.3 Å². The van der Waals surface area contributed by atoms with Gasteiger partial charge in [-0.3, -0.25) is 4.79 Å². The van der Waals surface area contributed by atoms with Crippen LogP contribution in [0.25, 0.3) is 21.8 Å². The summed E-state index contributed by atoms with van der Waals surface area (Å²) >= 11 is 12.6. The van der Waals surface area contributed by atoms with Crippen LogP contribution < -0.4 is 5.56 Å².